The van der Waals surface area contributed by atoms with Crippen molar-refractivity contribution in [2.24, 2.45) is 0 Å². The lowest BCUT2D eigenvalue weighted by molar-refractivity contribution is -0.00248. The van der Waals surface area contributed by atoms with Gasteiger partial charge >= 0.3 is 0 Å². The number of fused-ring (bicyclic) bond motifs is 1. The van der Waals surface area contributed by atoms with Crippen LogP contribution in [0.15, 0.2) is 22.7 Å². The Labute approximate surface area is 136 Å². The molecule has 1 aliphatic rings. The molecule has 1 fully saturated rings. The second kappa shape index (κ2) is 5.94. The van der Waals surface area contributed by atoms with Gasteiger partial charge in [-0.15, -0.1) is 11.3 Å². The third kappa shape index (κ3) is 2.67. The number of anilines is 1. The summed E-state index contributed by atoms with van der Waals surface area (Å²) in [6.45, 7) is 3.91. The molecule has 0 saturated carbocycles. The standard InChI is InChI=1S/C15H17BrN2O2S/c1-2-10-8-20-6-5-18(10)15(19)14-13(17)11-7-9(16)3-4-12(11)21-14/h3-4,7,10H,2,5-6,8,17H2,1H3. The van der Waals surface area contributed by atoms with Crippen LogP contribution in [0.3, 0.4) is 0 Å². The van der Waals surface area contributed by atoms with Crippen molar-refractivity contribution in [2.45, 2.75) is 19.4 Å². The van der Waals surface area contributed by atoms with Crippen LogP contribution in [0, 0.1) is 0 Å². The number of amides is 1. The fourth-order valence-electron chi connectivity index (χ4n) is 2.64. The molecule has 2 aromatic rings. The van der Waals surface area contributed by atoms with Crippen LogP contribution in [0.5, 0.6) is 0 Å². The number of nitrogens with zero attached hydrogens (tertiary/aromatic N) is 1. The first kappa shape index (κ1) is 14.8. The highest BCUT2D eigenvalue weighted by Crippen LogP contribution is 2.36. The van der Waals surface area contributed by atoms with Crippen LogP contribution >= 0.6 is 27.3 Å². The zero-order valence-electron chi connectivity index (χ0n) is 11.8. The van der Waals surface area contributed by atoms with Gasteiger partial charge in [-0.25, -0.2) is 0 Å². The van der Waals surface area contributed by atoms with Crippen LogP contribution in [-0.2, 0) is 4.74 Å². The number of nitrogens with two attached hydrogens (primary N) is 1. The molecule has 1 amide bonds. The van der Waals surface area contributed by atoms with Crippen molar-refractivity contribution in [3.63, 3.8) is 0 Å². The van der Waals surface area contributed by atoms with Crippen molar-refractivity contribution >= 4 is 48.9 Å². The van der Waals surface area contributed by atoms with E-state index in [2.05, 4.69) is 22.9 Å². The minimum absolute atomic E-state index is 0.0278. The van der Waals surface area contributed by atoms with E-state index in [-0.39, 0.29) is 11.9 Å². The summed E-state index contributed by atoms with van der Waals surface area (Å²) in [5, 5.41) is 0.944. The van der Waals surface area contributed by atoms with Gasteiger partial charge in [0.25, 0.3) is 5.91 Å². The highest BCUT2D eigenvalue weighted by Gasteiger charge is 2.29. The summed E-state index contributed by atoms with van der Waals surface area (Å²) in [5.41, 5.74) is 6.80. The molecule has 0 bridgehead atoms. The van der Waals surface area contributed by atoms with Crippen LogP contribution < -0.4 is 5.73 Å². The average Bonchev–Trinajstić information content (AvgIpc) is 2.83. The number of carbonyl (C=O) groups excluding carboxylic acids is 1. The molecular formula is C15H17BrN2O2S. The maximum atomic E-state index is 12.8. The van der Waals surface area contributed by atoms with Crippen molar-refractivity contribution in [2.75, 3.05) is 25.5 Å². The number of morpholine rings is 1. The molecule has 0 radical (unpaired) electrons. The predicted octanol–water partition coefficient (Wildman–Crippen LogP) is 3.50. The van der Waals surface area contributed by atoms with E-state index in [1.54, 1.807) is 0 Å². The molecule has 1 atom stereocenters. The van der Waals surface area contributed by atoms with Crippen molar-refractivity contribution in [1.29, 1.82) is 0 Å². The Morgan fingerprint density at radius 1 is 1.57 bits per heavy atom. The number of ether oxygens (including phenoxy) is 1. The van der Waals surface area contributed by atoms with Gasteiger partial charge in [0.2, 0.25) is 0 Å². The van der Waals surface area contributed by atoms with E-state index in [9.17, 15) is 4.79 Å². The smallest absolute Gasteiger partial charge is 0.266 e. The monoisotopic (exact) mass is 368 g/mol. The predicted molar refractivity (Wildman–Crippen MR) is 89.9 cm³/mol. The lowest BCUT2D eigenvalue weighted by Gasteiger charge is -2.34. The van der Waals surface area contributed by atoms with Crippen LogP contribution in [0.4, 0.5) is 5.69 Å². The van der Waals surface area contributed by atoms with Crippen molar-refractivity contribution < 1.29 is 9.53 Å². The van der Waals surface area contributed by atoms with Gasteiger partial charge in [0.05, 0.1) is 24.9 Å². The minimum atomic E-state index is 0.0278. The Bertz CT molecular complexity index is 686. The van der Waals surface area contributed by atoms with Gasteiger partial charge in [0, 0.05) is 21.1 Å². The number of benzene rings is 1. The van der Waals surface area contributed by atoms with Crippen molar-refractivity contribution in [3.05, 3.63) is 27.5 Å². The molecule has 2 N–H and O–H groups in total. The van der Waals surface area contributed by atoms with Gasteiger partial charge in [-0.05, 0) is 24.6 Å². The number of hydrogen-bond acceptors (Lipinski definition) is 4. The first-order chi connectivity index (χ1) is 10.1. The molecule has 1 saturated heterocycles. The molecule has 112 valence electrons. The number of rotatable bonds is 2. The third-order valence-corrected chi connectivity index (χ3v) is 5.51. The normalized spacial score (nSPS) is 19.1. The maximum Gasteiger partial charge on any atom is 0.266 e. The molecule has 0 aliphatic carbocycles. The lowest BCUT2D eigenvalue weighted by atomic mass is 10.1. The summed E-state index contributed by atoms with van der Waals surface area (Å²) in [7, 11) is 0. The van der Waals surface area contributed by atoms with E-state index in [4.69, 9.17) is 10.5 Å². The molecule has 1 aromatic heterocycles. The fourth-order valence-corrected chi connectivity index (χ4v) is 4.06. The highest BCUT2D eigenvalue weighted by atomic mass is 79.9. The molecular weight excluding hydrogens is 352 g/mol. The molecule has 1 aromatic carbocycles. The number of thiophene rings is 1. The van der Waals surface area contributed by atoms with Gasteiger partial charge < -0.3 is 15.4 Å². The molecule has 4 nitrogen and oxygen atoms in total. The van der Waals surface area contributed by atoms with Crippen LogP contribution in [0.1, 0.15) is 23.0 Å². The van der Waals surface area contributed by atoms with Crippen LogP contribution in [0.2, 0.25) is 0 Å². The minimum Gasteiger partial charge on any atom is -0.397 e. The molecule has 0 spiro atoms. The zero-order valence-corrected chi connectivity index (χ0v) is 14.2. The van der Waals surface area contributed by atoms with E-state index < -0.39 is 0 Å². The summed E-state index contributed by atoms with van der Waals surface area (Å²) < 4.78 is 7.48. The van der Waals surface area contributed by atoms with Gasteiger partial charge in [-0.2, -0.15) is 0 Å². The number of carbonyl (C=O) groups is 1. The van der Waals surface area contributed by atoms with Crippen molar-refractivity contribution in [1.82, 2.24) is 4.90 Å². The average molecular weight is 369 g/mol. The number of hydrogen-bond donors (Lipinski definition) is 1. The summed E-state index contributed by atoms with van der Waals surface area (Å²) in [6, 6.07) is 6.07. The number of halogens is 1. The van der Waals surface area contributed by atoms with Gasteiger partial charge in [0.1, 0.15) is 4.88 Å². The Kier molecular flexibility index (Phi) is 4.19. The van der Waals surface area contributed by atoms with E-state index in [1.165, 1.54) is 11.3 Å². The van der Waals surface area contributed by atoms with E-state index in [1.807, 2.05) is 23.1 Å². The molecule has 1 aliphatic heterocycles. The lowest BCUT2D eigenvalue weighted by Crippen LogP contribution is -2.48. The Morgan fingerprint density at radius 3 is 3.14 bits per heavy atom. The van der Waals surface area contributed by atoms with Crippen LogP contribution in [-0.4, -0.2) is 36.6 Å². The first-order valence-electron chi connectivity index (χ1n) is 6.98. The van der Waals surface area contributed by atoms with Gasteiger partial charge in [-0.3, -0.25) is 4.79 Å². The Morgan fingerprint density at radius 2 is 2.38 bits per heavy atom. The zero-order chi connectivity index (χ0) is 15.0. The Hall–Kier alpha value is -1.11. The fraction of sp³-hybridized carbons (Fsp3) is 0.400. The van der Waals surface area contributed by atoms with E-state index in [0.717, 1.165) is 21.0 Å². The molecule has 21 heavy (non-hydrogen) atoms. The maximum absolute atomic E-state index is 12.8. The summed E-state index contributed by atoms with van der Waals surface area (Å²) in [5.74, 6) is 0.0278. The second-order valence-corrected chi connectivity index (χ2v) is 7.09. The summed E-state index contributed by atoms with van der Waals surface area (Å²) in [4.78, 5) is 15.4. The summed E-state index contributed by atoms with van der Waals surface area (Å²) in [6.07, 6.45) is 0.891. The molecule has 3 rings (SSSR count). The SMILES string of the molecule is CCC1COCCN1C(=O)c1sc2ccc(Br)cc2c1N. The Balaban J connectivity index is 1.99. The van der Waals surface area contributed by atoms with Crippen LogP contribution in [0.25, 0.3) is 10.1 Å². The second-order valence-electron chi connectivity index (χ2n) is 5.12. The first-order valence-corrected chi connectivity index (χ1v) is 8.59. The molecule has 6 heteroatoms. The molecule has 2 heterocycles. The van der Waals surface area contributed by atoms with Gasteiger partial charge in [-0.1, -0.05) is 22.9 Å². The third-order valence-electron chi connectivity index (χ3n) is 3.84. The topological polar surface area (TPSA) is 55.6 Å². The largest absolute Gasteiger partial charge is 0.397 e. The van der Waals surface area contributed by atoms with Gasteiger partial charge in [0.15, 0.2) is 0 Å². The van der Waals surface area contributed by atoms with Crippen molar-refractivity contribution in [3.8, 4) is 0 Å². The van der Waals surface area contributed by atoms with E-state index in [0.29, 0.717) is 30.3 Å². The number of nitrogen functional groups attached to an aromatic ring is 1. The molecule has 1 unspecified atom stereocenters. The summed E-state index contributed by atoms with van der Waals surface area (Å²) >= 11 is 4.92. The highest BCUT2D eigenvalue weighted by molar-refractivity contribution is 9.10. The van der Waals surface area contributed by atoms with E-state index >= 15 is 0 Å². The quantitative estimate of drug-likeness (QED) is 0.882.